The maximum Gasteiger partial charge on any atom is 0.460 e. The van der Waals surface area contributed by atoms with Gasteiger partial charge in [0.05, 0.1) is 0 Å². The van der Waals surface area contributed by atoms with Crippen molar-refractivity contribution in [1.82, 2.24) is 0 Å². The highest BCUT2D eigenvalue weighted by atomic mass is 19.4. The topological polar surface area (TPSA) is 9.23 Å². The molecule has 0 N–H and O–H groups in total. The lowest BCUT2D eigenvalue weighted by atomic mass is 10.0. The van der Waals surface area contributed by atoms with Gasteiger partial charge in [-0.05, 0) is 0 Å². The molecule has 0 amide bonds. The van der Waals surface area contributed by atoms with Crippen molar-refractivity contribution in [2.24, 2.45) is 0 Å². The van der Waals surface area contributed by atoms with Crippen LogP contribution >= 0.6 is 0 Å². The molecule has 0 aliphatic rings. The molecule has 0 aliphatic heterocycles. The number of halogens is 13. The van der Waals surface area contributed by atoms with Gasteiger partial charge in [-0.15, -0.1) is 0 Å². The highest BCUT2D eigenvalue weighted by Crippen LogP contribution is 2.56. The molecule has 0 radical (unpaired) electrons. The second kappa shape index (κ2) is 5.45. The van der Waals surface area contributed by atoms with Gasteiger partial charge in [-0.2, -0.15) is 52.7 Å². The van der Waals surface area contributed by atoms with Gasteiger partial charge in [0.2, 0.25) is 11.7 Å². The molecular formula is C8H3F13O. The van der Waals surface area contributed by atoms with Crippen molar-refractivity contribution in [1.29, 1.82) is 0 Å². The zero-order valence-corrected chi connectivity index (χ0v) is 9.82. The molecule has 0 aromatic carbocycles. The Morgan fingerprint density at radius 1 is 0.636 bits per heavy atom. The number of allylic oxidation sites excluding steroid dienone is 1. The van der Waals surface area contributed by atoms with Crippen LogP contribution in [0.2, 0.25) is 0 Å². The molecule has 0 bridgehead atoms. The summed E-state index contributed by atoms with van der Waals surface area (Å²) in [4.78, 5) is 0. The predicted octanol–water partition coefficient (Wildman–Crippen LogP) is 4.84. The van der Waals surface area contributed by atoms with Crippen LogP contribution in [-0.2, 0) is 4.74 Å². The summed E-state index contributed by atoms with van der Waals surface area (Å²) in [6.07, 6.45) is -12.9. The van der Waals surface area contributed by atoms with Crippen LogP contribution in [0.4, 0.5) is 57.1 Å². The Morgan fingerprint density at radius 3 is 1.27 bits per heavy atom. The summed E-state index contributed by atoms with van der Waals surface area (Å²) in [5.74, 6) is -31.0. The maximum atomic E-state index is 12.7. The van der Waals surface area contributed by atoms with Crippen LogP contribution in [0.15, 0.2) is 11.7 Å². The first-order valence-electron chi connectivity index (χ1n) is 4.57. The van der Waals surface area contributed by atoms with Gasteiger partial charge in [-0.1, -0.05) is 0 Å². The fraction of sp³-hybridized carbons (Fsp3) is 0.750. The van der Waals surface area contributed by atoms with Crippen LogP contribution in [-0.4, -0.2) is 37.2 Å². The molecule has 0 aliphatic carbocycles. The van der Waals surface area contributed by atoms with E-state index in [1.165, 1.54) is 0 Å². The number of hydrogen-bond donors (Lipinski definition) is 0. The number of hydrogen-bond acceptors (Lipinski definition) is 1. The fourth-order valence-corrected chi connectivity index (χ4v) is 0.868. The molecule has 0 spiro atoms. The predicted molar refractivity (Wildman–Crippen MR) is 42.1 cm³/mol. The lowest BCUT2D eigenvalue weighted by molar-refractivity contribution is -0.392. The molecule has 0 aromatic heterocycles. The first-order valence-corrected chi connectivity index (χ1v) is 4.57. The Morgan fingerprint density at radius 2 is 1.00 bits per heavy atom. The Labute approximate surface area is 112 Å². The SMILES string of the molecule is COC(F)(F)/C(F)=C(\F)C(F)(F)C(F)(F)C(F)(F)C(F)(F)F. The fourth-order valence-electron chi connectivity index (χ4n) is 0.868. The minimum Gasteiger partial charge on any atom is -0.318 e. The monoisotopic (exact) mass is 362 g/mol. The van der Waals surface area contributed by atoms with Gasteiger partial charge in [0, 0.05) is 7.11 Å². The molecule has 0 fully saturated rings. The second-order valence-corrected chi connectivity index (χ2v) is 3.57. The molecule has 0 atom stereocenters. The van der Waals surface area contributed by atoms with E-state index in [1.54, 1.807) is 0 Å². The summed E-state index contributed by atoms with van der Waals surface area (Å²) in [7, 11) is -0.118. The van der Waals surface area contributed by atoms with Gasteiger partial charge in [0.25, 0.3) is 0 Å². The van der Waals surface area contributed by atoms with Gasteiger partial charge in [-0.3, -0.25) is 0 Å². The summed E-state index contributed by atoms with van der Waals surface area (Å²) in [5, 5.41) is 0. The molecule has 22 heavy (non-hydrogen) atoms. The normalized spacial score (nSPS) is 16.6. The highest BCUT2D eigenvalue weighted by molar-refractivity contribution is 5.20. The van der Waals surface area contributed by atoms with E-state index in [-0.39, 0.29) is 7.11 Å². The first-order chi connectivity index (χ1) is 9.38. The van der Waals surface area contributed by atoms with Crippen molar-refractivity contribution in [2.45, 2.75) is 30.1 Å². The third-order valence-electron chi connectivity index (χ3n) is 2.12. The lowest BCUT2D eigenvalue weighted by Gasteiger charge is -2.33. The smallest absolute Gasteiger partial charge is 0.318 e. The largest absolute Gasteiger partial charge is 0.460 e. The number of ether oxygens (including phenoxy) is 1. The summed E-state index contributed by atoms with van der Waals surface area (Å²) in [5.41, 5.74) is 0. The van der Waals surface area contributed by atoms with Crippen LogP contribution in [0.5, 0.6) is 0 Å². The van der Waals surface area contributed by atoms with E-state index in [2.05, 4.69) is 4.74 Å². The molecule has 14 heteroatoms. The standard InChI is InChI=1S/C8H3F13O/c1-22-5(13,14)3(10)2(9)4(11,12)6(15,16)7(17,18)8(19,20)21/h1H3/b3-2+. The number of methoxy groups -OCH3 is 1. The first kappa shape index (κ1) is 20.8. The van der Waals surface area contributed by atoms with Crippen molar-refractivity contribution in [2.75, 3.05) is 7.11 Å². The Hall–Kier alpha value is -1.21. The molecule has 132 valence electrons. The molecule has 0 heterocycles. The minimum atomic E-state index is -7.61. The van der Waals surface area contributed by atoms with Crippen molar-refractivity contribution in [3.05, 3.63) is 11.7 Å². The Balaban J connectivity index is 6.19. The van der Waals surface area contributed by atoms with Crippen LogP contribution in [0.3, 0.4) is 0 Å². The van der Waals surface area contributed by atoms with Gasteiger partial charge in [0.15, 0.2) is 0 Å². The van der Waals surface area contributed by atoms with Crippen LogP contribution < -0.4 is 0 Å². The molecule has 1 nitrogen and oxygen atoms in total. The average Bonchev–Trinajstić information content (AvgIpc) is 2.34. The summed E-state index contributed by atoms with van der Waals surface area (Å²) < 4.78 is 163. The van der Waals surface area contributed by atoms with Crippen LogP contribution in [0.1, 0.15) is 0 Å². The lowest BCUT2D eigenvalue weighted by Crippen LogP contribution is -2.61. The molecule has 0 aromatic rings. The zero-order valence-electron chi connectivity index (χ0n) is 9.82. The van der Waals surface area contributed by atoms with Gasteiger partial charge < -0.3 is 4.74 Å². The Kier molecular flexibility index (Phi) is 5.15. The quantitative estimate of drug-likeness (QED) is 0.636. The van der Waals surface area contributed by atoms with Gasteiger partial charge in [-0.25, -0.2) is 4.39 Å². The third kappa shape index (κ3) is 2.96. The van der Waals surface area contributed by atoms with E-state index in [4.69, 9.17) is 0 Å². The minimum absolute atomic E-state index is 0.118. The number of alkyl halides is 11. The summed E-state index contributed by atoms with van der Waals surface area (Å²) in [6.45, 7) is 0. The third-order valence-corrected chi connectivity index (χ3v) is 2.12. The van der Waals surface area contributed by atoms with Gasteiger partial charge in [0.1, 0.15) is 0 Å². The molecular weight excluding hydrogens is 359 g/mol. The zero-order chi connectivity index (χ0) is 18.4. The van der Waals surface area contributed by atoms with E-state index in [0.29, 0.717) is 0 Å². The average molecular weight is 362 g/mol. The van der Waals surface area contributed by atoms with Crippen molar-refractivity contribution >= 4 is 0 Å². The molecule has 0 saturated carbocycles. The van der Waals surface area contributed by atoms with E-state index in [9.17, 15) is 57.1 Å². The van der Waals surface area contributed by atoms with Crippen molar-refractivity contribution in [3.63, 3.8) is 0 Å². The maximum absolute atomic E-state index is 12.7. The van der Waals surface area contributed by atoms with E-state index < -0.39 is 41.7 Å². The molecule has 0 unspecified atom stereocenters. The van der Waals surface area contributed by atoms with E-state index in [0.717, 1.165) is 0 Å². The van der Waals surface area contributed by atoms with E-state index in [1.807, 2.05) is 0 Å². The molecule has 0 rings (SSSR count). The second-order valence-electron chi connectivity index (χ2n) is 3.57. The van der Waals surface area contributed by atoms with Crippen molar-refractivity contribution < 1.29 is 61.8 Å². The Bertz CT molecular complexity index is 445. The van der Waals surface area contributed by atoms with Crippen molar-refractivity contribution in [3.8, 4) is 0 Å². The van der Waals surface area contributed by atoms with Crippen LogP contribution in [0, 0.1) is 0 Å². The summed E-state index contributed by atoms with van der Waals surface area (Å²) in [6, 6.07) is 0. The highest BCUT2D eigenvalue weighted by Gasteiger charge is 2.83. The summed E-state index contributed by atoms with van der Waals surface area (Å²) >= 11 is 0. The van der Waals surface area contributed by atoms with Gasteiger partial charge >= 0.3 is 30.1 Å². The molecule has 0 saturated heterocycles. The number of rotatable bonds is 5. The van der Waals surface area contributed by atoms with Crippen LogP contribution in [0.25, 0.3) is 0 Å². The van der Waals surface area contributed by atoms with E-state index >= 15 is 0 Å².